The third-order valence-corrected chi connectivity index (χ3v) is 6.65. The second-order valence-electron chi connectivity index (χ2n) is 7.59. The van der Waals surface area contributed by atoms with E-state index in [1.807, 2.05) is 30.6 Å². The Kier molecular flexibility index (Phi) is 4.85. The van der Waals surface area contributed by atoms with Crippen LogP contribution in [0.15, 0.2) is 41.7 Å². The van der Waals surface area contributed by atoms with Crippen molar-refractivity contribution in [2.24, 2.45) is 4.99 Å². The molecular formula is C21H18Cl3N5. The van der Waals surface area contributed by atoms with E-state index in [0.29, 0.717) is 28.2 Å². The zero-order chi connectivity index (χ0) is 20.0. The highest BCUT2D eigenvalue weighted by molar-refractivity contribution is 6.42. The van der Waals surface area contributed by atoms with Gasteiger partial charge in [0.1, 0.15) is 16.7 Å². The summed E-state index contributed by atoms with van der Waals surface area (Å²) in [5.74, 6) is 0. The maximum atomic E-state index is 6.37. The van der Waals surface area contributed by atoms with Gasteiger partial charge in [-0.3, -0.25) is 4.99 Å². The molecule has 2 aliphatic rings. The zero-order valence-corrected chi connectivity index (χ0v) is 17.8. The topological polar surface area (TPSA) is 56.0 Å². The highest BCUT2D eigenvalue weighted by Crippen LogP contribution is 2.39. The van der Waals surface area contributed by atoms with Crippen molar-refractivity contribution in [1.29, 1.82) is 0 Å². The summed E-state index contributed by atoms with van der Waals surface area (Å²) < 4.78 is 2.15. The molecule has 5 rings (SSSR count). The first-order valence-corrected chi connectivity index (χ1v) is 10.8. The second kappa shape index (κ2) is 7.38. The smallest absolute Gasteiger partial charge is 0.224 e. The van der Waals surface area contributed by atoms with Crippen molar-refractivity contribution in [2.45, 2.75) is 43.7 Å². The van der Waals surface area contributed by atoms with E-state index in [4.69, 9.17) is 44.8 Å². The highest BCUT2D eigenvalue weighted by atomic mass is 35.5. The van der Waals surface area contributed by atoms with Gasteiger partial charge in [-0.2, -0.15) is 4.98 Å². The van der Waals surface area contributed by atoms with Crippen LogP contribution < -0.4 is 0 Å². The number of hydrogen-bond donors (Lipinski definition) is 0. The van der Waals surface area contributed by atoms with Crippen LogP contribution in [-0.4, -0.2) is 25.7 Å². The van der Waals surface area contributed by atoms with Crippen molar-refractivity contribution in [3.05, 3.63) is 63.3 Å². The summed E-state index contributed by atoms with van der Waals surface area (Å²) in [5.41, 5.74) is 2.51. The molecule has 0 bridgehead atoms. The van der Waals surface area contributed by atoms with Gasteiger partial charge in [-0.15, -0.1) is 0 Å². The molecule has 1 aliphatic heterocycles. The minimum Gasteiger partial charge on any atom is -0.312 e. The van der Waals surface area contributed by atoms with Gasteiger partial charge in [0.25, 0.3) is 0 Å². The number of benzene rings is 1. The van der Waals surface area contributed by atoms with Crippen LogP contribution in [0.5, 0.6) is 0 Å². The van der Waals surface area contributed by atoms with Crippen LogP contribution in [0.4, 0.5) is 0 Å². The average Bonchev–Trinajstić information content (AvgIpc) is 3.44. The lowest BCUT2D eigenvalue weighted by molar-refractivity contribution is 0.528. The molecule has 29 heavy (non-hydrogen) atoms. The molecule has 1 atom stereocenters. The van der Waals surface area contributed by atoms with Gasteiger partial charge >= 0.3 is 0 Å². The number of allylic oxidation sites excluding steroid dienone is 1. The third-order valence-electron chi connectivity index (χ3n) is 5.74. The van der Waals surface area contributed by atoms with E-state index in [1.54, 1.807) is 12.3 Å². The molecule has 148 valence electrons. The van der Waals surface area contributed by atoms with E-state index >= 15 is 0 Å². The predicted molar refractivity (Wildman–Crippen MR) is 117 cm³/mol. The molecule has 0 saturated heterocycles. The first-order chi connectivity index (χ1) is 14.1. The molecule has 0 radical (unpaired) electrons. The fourth-order valence-corrected chi connectivity index (χ4v) is 4.84. The monoisotopic (exact) mass is 445 g/mol. The number of rotatable bonds is 4. The lowest BCUT2D eigenvalue weighted by Gasteiger charge is -2.24. The molecular weight excluding hydrogens is 429 g/mol. The van der Waals surface area contributed by atoms with Crippen molar-refractivity contribution in [3.63, 3.8) is 0 Å². The average molecular weight is 447 g/mol. The second-order valence-corrected chi connectivity index (χ2v) is 8.74. The highest BCUT2D eigenvalue weighted by Gasteiger charge is 2.36. The van der Waals surface area contributed by atoms with E-state index in [9.17, 15) is 0 Å². The Bertz CT molecular complexity index is 1130. The predicted octanol–water partition coefficient (Wildman–Crippen LogP) is 5.98. The Labute approximate surface area is 183 Å². The molecule has 5 nitrogen and oxygen atoms in total. The fourth-order valence-electron chi connectivity index (χ4n) is 4.35. The molecule has 0 N–H and O–H groups in total. The maximum Gasteiger partial charge on any atom is 0.224 e. The maximum absolute atomic E-state index is 6.37. The van der Waals surface area contributed by atoms with Gasteiger partial charge in [-0.1, -0.05) is 42.1 Å². The summed E-state index contributed by atoms with van der Waals surface area (Å²) in [7, 11) is 0. The number of aliphatic imine (C=N–C) groups is 1. The summed E-state index contributed by atoms with van der Waals surface area (Å²) in [6, 6.07) is 6.03. The van der Waals surface area contributed by atoms with Crippen LogP contribution >= 0.6 is 34.8 Å². The Morgan fingerprint density at radius 3 is 2.62 bits per heavy atom. The van der Waals surface area contributed by atoms with Gasteiger partial charge in [0, 0.05) is 18.7 Å². The van der Waals surface area contributed by atoms with Crippen LogP contribution in [-0.2, 0) is 12.0 Å². The van der Waals surface area contributed by atoms with Crippen LogP contribution in [0, 0.1) is 0 Å². The minimum atomic E-state index is -0.711. The summed E-state index contributed by atoms with van der Waals surface area (Å²) in [5, 5.41) is 1.25. The van der Waals surface area contributed by atoms with E-state index in [1.165, 1.54) is 12.8 Å². The van der Waals surface area contributed by atoms with Crippen molar-refractivity contribution in [2.75, 3.05) is 0 Å². The zero-order valence-electron chi connectivity index (χ0n) is 15.5. The third kappa shape index (κ3) is 3.35. The first kappa shape index (κ1) is 19.0. The quantitative estimate of drug-likeness (QED) is 0.463. The lowest BCUT2D eigenvalue weighted by Crippen LogP contribution is -2.25. The van der Waals surface area contributed by atoms with E-state index in [2.05, 4.69) is 14.5 Å². The van der Waals surface area contributed by atoms with E-state index in [-0.39, 0.29) is 5.28 Å². The molecule has 1 unspecified atom stereocenters. The van der Waals surface area contributed by atoms with Gasteiger partial charge in [0.05, 0.1) is 16.4 Å². The molecule has 1 saturated carbocycles. The van der Waals surface area contributed by atoms with Crippen molar-refractivity contribution >= 4 is 52.2 Å². The van der Waals surface area contributed by atoms with Crippen LogP contribution in [0.25, 0.3) is 11.2 Å². The standard InChI is InChI=1S/C21H18Cl3N5/c22-15-7-6-13(10-16(15)23)11-21(8-3-9-26-21)18-17-19(28-20(24)27-18)29(12-25-17)14-4-1-2-5-14/h3,6-10,12,14H,1-2,4-5,11H2. The normalized spacial score (nSPS) is 21.6. The Hall–Kier alpha value is -1.95. The summed E-state index contributed by atoms with van der Waals surface area (Å²) >= 11 is 18.7. The Balaban J connectivity index is 1.64. The number of aromatic nitrogens is 4. The number of imidazole rings is 1. The van der Waals surface area contributed by atoms with Gasteiger partial charge in [0.2, 0.25) is 5.28 Å². The first-order valence-electron chi connectivity index (χ1n) is 9.63. The largest absolute Gasteiger partial charge is 0.312 e. The molecule has 1 fully saturated rings. The Morgan fingerprint density at radius 2 is 1.90 bits per heavy atom. The molecule has 1 aliphatic carbocycles. The molecule has 0 amide bonds. The van der Waals surface area contributed by atoms with E-state index < -0.39 is 5.54 Å². The number of halogens is 3. The van der Waals surface area contributed by atoms with Gasteiger partial charge in [0.15, 0.2) is 5.65 Å². The molecule has 3 aromatic rings. The van der Waals surface area contributed by atoms with Crippen molar-refractivity contribution < 1.29 is 0 Å². The number of hydrogen-bond acceptors (Lipinski definition) is 4. The van der Waals surface area contributed by atoms with Crippen LogP contribution in [0.1, 0.15) is 43.0 Å². The summed E-state index contributed by atoms with van der Waals surface area (Å²) in [6.07, 6.45) is 12.9. The number of fused-ring (bicyclic) bond motifs is 1. The Morgan fingerprint density at radius 1 is 1.07 bits per heavy atom. The lowest BCUT2D eigenvalue weighted by atomic mass is 9.88. The van der Waals surface area contributed by atoms with E-state index in [0.717, 1.165) is 29.6 Å². The molecule has 2 aromatic heterocycles. The molecule has 1 aromatic carbocycles. The van der Waals surface area contributed by atoms with Crippen molar-refractivity contribution in [1.82, 2.24) is 19.5 Å². The van der Waals surface area contributed by atoms with Gasteiger partial charge in [-0.25, -0.2) is 9.97 Å². The van der Waals surface area contributed by atoms with Gasteiger partial charge < -0.3 is 4.57 Å². The molecule has 8 heteroatoms. The number of nitrogens with zero attached hydrogens (tertiary/aromatic N) is 5. The molecule has 0 spiro atoms. The molecule has 3 heterocycles. The van der Waals surface area contributed by atoms with Crippen LogP contribution in [0.3, 0.4) is 0 Å². The summed E-state index contributed by atoms with van der Waals surface area (Å²) in [4.78, 5) is 18.6. The fraction of sp³-hybridized carbons (Fsp3) is 0.333. The summed E-state index contributed by atoms with van der Waals surface area (Å²) in [6.45, 7) is 0. The van der Waals surface area contributed by atoms with Crippen LogP contribution in [0.2, 0.25) is 15.3 Å². The SMILES string of the molecule is Clc1nc(C2(Cc3ccc(Cl)c(Cl)c3)C=CC=N2)c2ncn(C3CCCC3)c2n1. The van der Waals surface area contributed by atoms with Crippen molar-refractivity contribution in [3.8, 4) is 0 Å². The minimum absolute atomic E-state index is 0.205. The van der Waals surface area contributed by atoms with Gasteiger partial charge in [-0.05, 0) is 54.3 Å².